The molecular weight excluding hydrogens is 267 g/mol. The van der Waals surface area contributed by atoms with Crippen molar-refractivity contribution in [1.29, 1.82) is 0 Å². The van der Waals surface area contributed by atoms with E-state index in [0.717, 1.165) is 24.1 Å². The second-order valence-corrected chi connectivity index (χ2v) is 7.38. The molecule has 1 saturated carbocycles. The Morgan fingerprint density at radius 2 is 2.14 bits per heavy atom. The molecule has 0 spiro atoms. The van der Waals surface area contributed by atoms with E-state index in [1.807, 2.05) is 0 Å². The van der Waals surface area contributed by atoms with Crippen LogP contribution >= 0.6 is 0 Å². The van der Waals surface area contributed by atoms with Crippen LogP contribution in [0.4, 0.5) is 0 Å². The Hall–Kier alpha value is -0.915. The Kier molecular flexibility index (Phi) is 4.85. The van der Waals surface area contributed by atoms with Crippen molar-refractivity contribution in [3.8, 4) is 5.75 Å². The monoisotopic (exact) mass is 298 g/mol. The Bertz CT molecular complexity index is 508. The fourth-order valence-electron chi connectivity index (χ4n) is 5.49. The van der Waals surface area contributed by atoms with Gasteiger partial charge in [-0.3, -0.25) is 0 Å². The first kappa shape index (κ1) is 16.0. The van der Waals surface area contributed by atoms with Crippen molar-refractivity contribution in [3.63, 3.8) is 0 Å². The normalized spacial score (nSPS) is 30.5. The zero-order valence-corrected chi connectivity index (χ0v) is 14.7. The molecule has 0 heterocycles. The standard InChI is InChI=1S/C20H31BO/c1-3-10-20-11-6-5-7-18(20)15(4-2)12-16-8-9-17(22-14-21)13-19(16)20/h8-9,13,15,18H,3-7,10-12,14,21H2,1-2H3/t15-,18?,20+/m0/s1. The summed E-state index contributed by atoms with van der Waals surface area (Å²) in [4.78, 5) is 0. The first-order valence-electron chi connectivity index (χ1n) is 9.51. The Labute approximate surface area is 137 Å². The average Bonchev–Trinajstić information content (AvgIpc) is 2.55. The van der Waals surface area contributed by atoms with Gasteiger partial charge in [0.1, 0.15) is 5.75 Å². The van der Waals surface area contributed by atoms with Gasteiger partial charge in [0.2, 0.25) is 0 Å². The molecule has 1 aromatic rings. The van der Waals surface area contributed by atoms with E-state index in [9.17, 15) is 0 Å². The van der Waals surface area contributed by atoms with Crippen molar-refractivity contribution in [2.45, 2.75) is 70.6 Å². The highest BCUT2D eigenvalue weighted by molar-refractivity contribution is 6.08. The number of hydrogen-bond acceptors (Lipinski definition) is 1. The molecule has 0 bridgehead atoms. The van der Waals surface area contributed by atoms with Gasteiger partial charge in [-0.25, -0.2) is 0 Å². The predicted octanol–water partition coefficient (Wildman–Crippen LogP) is 4.47. The minimum atomic E-state index is 0.439. The second kappa shape index (κ2) is 6.68. The molecule has 1 aromatic carbocycles. The molecule has 1 fully saturated rings. The zero-order chi connectivity index (χ0) is 15.6. The van der Waals surface area contributed by atoms with Gasteiger partial charge in [-0.15, -0.1) is 0 Å². The third kappa shape index (κ3) is 2.59. The van der Waals surface area contributed by atoms with E-state index in [4.69, 9.17) is 4.74 Å². The summed E-state index contributed by atoms with van der Waals surface area (Å²) < 4.78 is 5.83. The van der Waals surface area contributed by atoms with Crippen molar-refractivity contribution in [1.82, 2.24) is 0 Å². The summed E-state index contributed by atoms with van der Waals surface area (Å²) in [5.74, 6) is 2.86. The molecule has 1 nitrogen and oxygen atoms in total. The van der Waals surface area contributed by atoms with E-state index >= 15 is 0 Å². The van der Waals surface area contributed by atoms with Crippen molar-refractivity contribution >= 4 is 7.85 Å². The van der Waals surface area contributed by atoms with Crippen molar-refractivity contribution in [3.05, 3.63) is 29.3 Å². The van der Waals surface area contributed by atoms with Crippen LogP contribution < -0.4 is 4.74 Å². The molecule has 0 N–H and O–H groups in total. The molecule has 0 aromatic heterocycles. The molecular formula is C20H31BO. The summed E-state index contributed by atoms with van der Waals surface area (Å²) in [6.07, 6.45) is 11.0. The van der Waals surface area contributed by atoms with Crippen molar-refractivity contribution < 1.29 is 4.74 Å². The van der Waals surface area contributed by atoms with Gasteiger partial charge >= 0.3 is 0 Å². The van der Waals surface area contributed by atoms with Crippen LogP contribution in [0.25, 0.3) is 0 Å². The van der Waals surface area contributed by atoms with E-state index in [0.29, 0.717) is 5.41 Å². The molecule has 120 valence electrons. The Balaban J connectivity index is 2.09. The summed E-state index contributed by atoms with van der Waals surface area (Å²) in [7, 11) is 2.08. The van der Waals surface area contributed by atoms with E-state index in [2.05, 4.69) is 39.9 Å². The Morgan fingerprint density at radius 1 is 1.27 bits per heavy atom. The number of hydrogen-bond donors (Lipinski definition) is 0. The van der Waals surface area contributed by atoms with Crippen LogP contribution in [-0.2, 0) is 11.8 Å². The molecule has 22 heavy (non-hydrogen) atoms. The molecule has 2 aliphatic carbocycles. The molecule has 3 rings (SSSR count). The average molecular weight is 298 g/mol. The minimum absolute atomic E-state index is 0.439. The highest BCUT2D eigenvalue weighted by Gasteiger charge is 2.48. The van der Waals surface area contributed by atoms with Gasteiger partial charge in [-0.05, 0) is 66.2 Å². The summed E-state index contributed by atoms with van der Waals surface area (Å²) >= 11 is 0. The maximum atomic E-state index is 5.83. The van der Waals surface area contributed by atoms with Gasteiger partial charge in [0.15, 0.2) is 7.85 Å². The molecule has 1 unspecified atom stereocenters. The summed E-state index contributed by atoms with van der Waals surface area (Å²) in [6, 6.07) is 6.96. The number of rotatable bonds is 5. The molecule has 3 atom stereocenters. The summed E-state index contributed by atoms with van der Waals surface area (Å²) in [5, 5.41) is 0. The largest absolute Gasteiger partial charge is 0.503 e. The molecule has 2 heteroatoms. The van der Waals surface area contributed by atoms with Gasteiger partial charge in [-0.2, -0.15) is 0 Å². The third-order valence-corrected chi connectivity index (χ3v) is 6.30. The summed E-state index contributed by atoms with van der Waals surface area (Å²) in [6.45, 7) is 5.53. The molecule has 2 aliphatic rings. The molecule has 0 radical (unpaired) electrons. The van der Waals surface area contributed by atoms with Gasteiger partial charge in [0.25, 0.3) is 0 Å². The Morgan fingerprint density at radius 3 is 2.86 bits per heavy atom. The van der Waals surface area contributed by atoms with Crippen LogP contribution in [0.1, 0.15) is 69.9 Å². The SMILES string of the molecule is BCOc1ccc2c(c1)[C@]1(CCC)CCCCC1[C@@H](CC)C2. The topological polar surface area (TPSA) is 9.23 Å². The van der Waals surface area contributed by atoms with Gasteiger partial charge in [0.05, 0.1) is 6.51 Å². The second-order valence-electron chi connectivity index (χ2n) is 7.38. The van der Waals surface area contributed by atoms with Crippen LogP contribution in [-0.4, -0.2) is 14.4 Å². The fourth-order valence-corrected chi connectivity index (χ4v) is 5.49. The van der Waals surface area contributed by atoms with E-state index in [1.165, 1.54) is 51.4 Å². The maximum Gasteiger partial charge on any atom is 0.150 e. The third-order valence-electron chi connectivity index (χ3n) is 6.30. The van der Waals surface area contributed by atoms with Gasteiger partial charge in [0, 0.05) is 0 Å². The fraction of sp³-hybridized carbons (Fsp3) is 0.700. The minimum Gasteiger partial charge on any atom is -0.503 e. The lowest BCUT2D eigenvalue weighted by Gasteiger charge is -2.52. The lowest BCUT2D eigenvalue weighted by molar-refractivity contribution is 0.0904. The van der Waals surface area contributed by atoms with Crippen molar-refractivity contribution in [2.24, 2.45) is 11.8 Å². The van der Waals surface area contributed by atoms with E-state index in [1.54, 1.807) is 11.1 Å². The highest BCUT2D eigenvalue weighted by atomic mass is 16.5. The smallest absolute Gasteiger partial charge is 0.150 e. The number of ether oxygens (including phenoxy) is 1. The van der Waals surface area contributed by atoms with Gasteiger partial charge in [-0.1, -0.05) is 45.6 Å². The van der Waals surface area contributed by atoms with Crippen LogP contribution in [0.2, 0.25) is 0 Å². The molecule has 0 aliphatic heterocycles. The van der Waals surface area contributed by atoms with Crippen LogP contribution in [0, 0.1) is 11.8 Å². The quantitative estimate of drug-likeness (QED) is 0.729. The van der Waals surface area contributed by atoms with Crippen LogP contribution in [0.3, 0.4) is 0 Å². The molecule has 0 amide bonds. The van der Waals surface area contributed by atoms with Crippen LogP contribution in [0.5, 0.6) is 5.75 Å². The number of benzene rings is 1. The molecule has 0 saturated heterocycles. The van der Waals surface area contributed by atoms with Crippen molar-refractivity contribution in [2.75, 3.05) is 6.51 Å². The number of fused-ring (bicyclic) bond motifs is 3. The lowest BCUT2D eigenvalue weighted by atomic mass is 9.52. The zero-order valence-electron chi connectivity index (χ0n) is 14.7. The first-order valence-corrected chi connectivity index (χ1v) is 9.51. The maximum absolute atomic E-state index is 5.83. The highest BCUT2D eigenvalue weighted by Crippen LogP contribution is 2.55. The lowest BCUT2D eigenvalue weighted by Crippen LogP contribution is -2.46. The predicted molar refractivity (Wildman–Crippen MR) is 96.5 cm³/mol. The first-order chi connectivity index (χ1) is 10.7. The van der Waals surface area contributed by atoms with Gasteiger partial charge < -0.3 is 4.74 Å². The van der Waals surface area contributed by atoms with E-state index in [-0.39, 0.29) is 0 Å². The van der Waals surface area contributed by atoms with Crippen LogP contribution in [0.15, 0.2) is 18.2 Å². The van der Waals surface area contributed by atoms with E-state index < -0.39 is 0 Å². The summed E-state index contributed by atoms with van der Waals surface area (Å²) in [5.41, 5.74) is 3.70.